The van der Waals surface area contributed by atoms with E-state index in [2.05, 4.69) is 15.9 Å². The number of alkyl halides is 1. The molecule has 0 aliphatic heterocycles. The molecule has 0 aliphatic carbocycles. The molecule has 0 saturated carbocycles. The van der Waals surface area contributed by atoms with Crippen molar-refractivity contribution in [3.05, 3.63) is 20.3 Å². The van der Waals surface area contributed by atoms with E-state index in [1.165, 1.54) is 11.3 Å². The van der Waals surface area contributed by atoms with E-state index in [1.807, 2.05) is 0 Å². The summed E-state index contributed by atoms with van der Waals surface area (Å²) in [7, 11) is 0. The van der Waals surface area contributed by atoms with E-state index < -0.39 is 0 Å². The van der Waals surface area contributed by atoms with Gasteiger partial charge in [0.15, 0.2) is 5.78 Å². The fourth-order valence-corrected chi connectivity index (χ4v) is 2.44. The van der Waals surface area contributed by atoms with Crippen LogP contribution in [0, 0.1) is 0 Å². The lowest BCUT2D eigenvalue weighted by Gasteiger charge is -1.90. The fraction of sp³-hybridized carbons (Fsp3) is 0.167. The van der Waals surface area contributed by atoms with Crippen LogP contribution >= 0.6 is 50.5 Å². The van der Waals surface area contributed by atoms with Crippen LogP contribution in [0.5, 0.6) is 0 Å². The molecule has 1 aromatic rings. The van der Waals surface area contributed by atoms with Crippen molar-refractivity contribution in [2.45, 2.75) is 0 Å². The number of carbonyl (C=O) groups excluding carboxylic acids is 1. The van der Waals surface area contributed by atoms with E-state index in [0.29, 0.717) is 14.9 Å². The number of Topliss-reactive ketones (excluding diaryl/α,β-unsaturated/α-hetero) is 1. The molecular weight excluding hydrogens is 271 g/mol. The maximum Gasteiger partial charge on any atom is 0.184 e. The van der Waals surface area contributed by atoms with Gasteiger partial charge in [-0.2, -0.15) is 0 Å². The first-order valence-electron chi connectivity index (χ1n) is 2.68. The van der Waals surface area contributed by atoms with Crippen LogP contribution in [0.3, 0.4) is 0 Å². The maximum absolute atomic E-state index is 11.1. The third-order valence-corrected chi connectivity index (χ3v) is 3.62. The van der Waals surface area contributed by atoms with Crippen LogP contribution in [0.15, 0.2) is 5.38 Å². The highest BCUT2D eigenvalue weighted by atomic mass is 79.9. The van der Waals surface area contributed by atoms with Crippen molar-refractivity contribution in [1.29, 1.82) is 0 Å². The second-order valence-electron chi connectivity index (χ2n) is 1.78. The summed E-state index contributed by atoms with van der Waals surface area (Å²) in [5.41, 5.74) is 0. The molecule has 0 unspecified atom stereocenters. The Morgan fingerprint density at radius 1 is 1.64 bits per heavy atom. The van der Waals surface area contributed by atoms with Crippen LogP contribution in [0.25, 0.3) is 0 Å². The molecule has 0 aliphatic rings. The van der Waals surface area contributed by atoms with Crippen LogP contribution in [0.2, 0.25) is 10.0 Å². The van der Waals surface area contributed by atoms with Crippen molar-refractivity contribution in [3.8, 4) is 0 Å². The normalized spacial score (nSPS) is 10.1. The van der Waals surface area contributed by atoms with Crippen molar-refractivity contribution in [3.63, 3.8) is 0 Å². The number of halogens is 3. The number of ketones is 1. The summed E-state index contributed by atoms with van der Waals surface area (Å²) in [6.07, 6.45) is 0. The van der Waals surface area contributed by atoms with E-state index in [9.17, 15) is 4.79 Å². The second-order valence-corrected chi connectivity index (χ2v) is 4.01. The standard InChI is InChI=1S/C6H3BrCl2OS/c7-1-4(10)6-5(9)3(8)2-11-6/h2H,1H2. The molecule has 11 heavy (non-hydrogen) atoms. The SMILES string of the molecule is O=C(CBr)c1scc(Cl)c1Cl. The smallest absolute Gasteiger partial charge is 0.184 e. The summed E-state index contributed by atoms with van der Waals surface area (Å²) in [6, 6.07) is 0. The summed E-state index contributed by atoms with van der Waals surface area (Å²) in [6.45, 7) is 0. The van der Waals surface area contributed by atoms with Gasteiger partial charge in [-0.05, 0) is 0 Å². The number of thiophene rings is 1. The Morgan fingerprint density at radius 3 is 2.64 bits per heavy atom. The maximum atomic E-state index is 11.1. The predicted octanol–water partition coefficient (Wildman–Crippen LogP) is 3.63. The molecule has 1 aromatic heterocycles. The van der Waals surface area contributed by atoms with Crippen molar-refractivity contribution in [2.24, 2.45) is 0 Å². The van der Waals surface area contributed by atoms with Gasteiger partial charge in [0, 0.05) is 5.38 Å². The highest BCUT2D eigenvalue weighted by molar-refractivity contribution is 9.09. The van der Waals surface area contributed by atoms with Gasteiger partial charge in [-0.3, -0.25) is 4.79 Å². The van der Waals surface area contributed by atoms with Gasteiger partial charge in [0.1, 0.15) is 0 Å². The van der Waals surface area contributed by atoms with Gasteiger partial charge in [0.25, 0.3) is 0 Å². The lowest BCUT2D eigenvalue weighted by Crippen LogP contribution is -1.96. The highest BCUT2D eigenvalue weighted by Crippen LogP contribution is 2.32. The predicted molar refractivity (Wildman–Crippen MR) is 52.5 cm³/mol. The summed E-state index contributed by atoms with van der Waals surface area (Å²) in [4.78, 5) is 11.6. The second kappa shape index (κ2) is 3.90. The van der Waals surface area contributed by atoms with Crippen molar-refractivity contribution in [2.75, 3.05) is 5.33 Å². The topological polar surface area (TPSA) is 17.1 Å². The number of hydrogen-bond donors (Lipinski definition) is 0. The zero-order chi connectivity index (χ0) is 8.43. The lowest BCUT2D eigenvalue weighted by atomic mass is 10.3. The number of hydrogen-bond acceptors (Lipinski definition) is 2. The Balaban J connectivity index is 3.04. The van der Waals surface area contributed by atoms with Crippen LogP contribution in [0.4, 0.5) is 0 Å². The van der Waals surface area contributed by atoms with Gasteiger partial charge in [-0.15, -0.1) is 11.3 Å². The first kappa shape index (κ1) is 9.52. The fourth-order valence-electron chi connectivity index (χ4n) is 0.571. The van der Waals surface area contributed by atoms with Gasteiger partial charge >= 0.3 is 0 Å². The average molecular weight is 274 g/mol. The molecule has 0 bridgehead atoms. The molecule has 0 radical (unpaired) electrons. The van der Waals surface area contributed by atoms with E-state index in [4.69, 9.17) is 23.2 Å². The van der Waals surface area contributed by atoms with Crippen molar-refractivity contribution < 1.29 is 4.79 Å². The molecule has 0 amide bonds. The number of carbonyl (C=O) groups is 1. The molecule has 0 N–H and O–H groups in total. The third kappa shape index (κ3) is 1.96. The highest BCUT2D eigenvalue weighted by Gasteiger charge is 2.13. The monoisotopic (exact) mass is 272 g/mol. The largest absolute Gasteiger partial charge is 0.292 e. The van der Waals surface area contributed by atoms with Crippen LogP contribution < -0.4 is 0 Å². The Kier molecular flexibility index (Phi) is 3.37. The molecule has 0 spiro atoms. The van der Waals surface area contributed by atoms with Crippen molar-refractivity contribution >= 4 is 56.3 Å². The van der Waals surface area contributed by atoms with Crippen LogP contribution in [-0.4, -0.2) is 11.1 Å². The molecular formula is C6H3BrCl2OS. The zero-order valence-corrected chi connectivity index (χ0v) is 9.15. The molecule has 0 fully saturated rings. The summed E-state index contributed by atoms with van der Waals surface area (Å²) >= 11 is 15.7. The zero-order valence-electron chi connectivity index (χ0n) is 5.23. The van der Waals surface area contributed by atoms with Crippen LogP contribution in [0.1, 0.15) is 9.67 Å². The summed E-state index contributed by atoms with van der Waals surface area (Å²) in [5.74, 6) is -0.0353. The Bertz CT molecular complexity index is 284. The van der Waals surface area contributed by atoms with Gasteiger partial charge in [-0.25, -0.2) is 0 Å². The minimum Gasteiger partial charge on any atom is -0.292 e. The molecule has 60 valence electrons. The Labute approximate surface area is 86.4 Å². The quantitative estimate of drug-likeness (QED) is 0.594. The summed E-state index contributed by atoms with van der Waals surface area (Å²) in [5, 5.41) is 2.74. The first-order valence-corrected chi connectivity index (χ1v) is 5.44. The first-order chi connectivity index (χ1) is 5.16. The van der Waals surface area contributed by atoms with E-state index >= 15 is 0 Å². The van der Waals surface area contributed by atoms with Gasteiger partial charge in [0.05, 0.1) is 20.3 Å². The summed E-state index contributed by atoms with van der Waals surface area (Å²) < 4.78 is 0. The minimum absolute atomic E-state index is 0.0353. The minimum atomic E-state index is -0.0353. The van der Waals surface area contributed by atoms with Gasteiger partial charge in [0.2, 0.25) is 0 Å². The molecule has 5 heteroatoms. The lowest BCUT2D eigenvalue weighted by molar-refractivity contribution is 0.102. The Morgan fingerprint density at radius 2 is 2.27 bits per heavy atom. The molecule has 1 heterocycles. The molecule has 1 nitrogen and oxygen atoms in total. The third-order valence-electron chi connectivity index (χ3n) is 1.06. The molecule has 0 atom stereocenters. The Hall–Kier alpha value is 0.430. The van der Waals surface area contributed by atoms with Crippen molar-refractivity contribution in [1.82, 2.24) is 0 Å². The van der Waals surface area contributed by atoms with E-state index in [0.717, 1.165) is 0 Å². The molecule has 0 aromatic carbocycles. The van der Waals surface area contributed by atoms with E-state index in [-0.39, 0.29) is 11.1 Å². The van der Waals surface area contributed by atoms with Gasteiger partial charge in [-0.1, -0.05) is 39.1 Å². The number of rotatable bonds is 2. The van der Waals surface area contributed by atoms with Crippen LogP contribution in [-0.2, 0) is 0 Å². The van der Waals surface area contributed by atoms with Gasteiger partial charge < -0.3 is 0 Å². The van der Waals surface area contributed by atoms with E-state index in [1.54, 1.807) is 5.38 Å². The molecule has 1 rings (SSSR count). The molecule has 0 saturated heterocycles. The average Bonchev–Trinajstić information content (AvgIpc) is 2.32.